The fourth-order valence-electron chi connectivity index (χ4n) is 2.77. The molecule has 4 heterocycles. The van der Waals surface area contributed by atoms with E-state index in [1.165, 1.54) is 11.3 Å². The van der Waals surface area contributed by atoms with E-state index < -0.39 is 0 Å². The molecule has 0 bridgehead atoms. The van der Waals surface area contributed by atoms with Crippen LogP contribution in [0.15, 0.2) is 53.3 Å². The minimum absolute atomic E-state index is 0.673. The monoisotopic (exact) mass is 438 g/mol. The Morgan fingerprint density at radius 1 is 1.04 bits per heavy atom. The van der Waals surface area contributed by atoms with E-state index in [2.05, 4.69) is 46.5 Å². The summed E-state index contributed by atoms with van der Waals surface area (Å²) in [6.45, 7) is 1.97. The first-order chi connectivity index (χ1) is 13.2. The summed E-state index contributed by atoms with van der Waals surface area (Å²) in [4.78, 5) is 4.74. The Balaban J connectivity index is 1.60. The maximum Gasteiger partial charge on any atom is 0.235 e. The van der Waals surface area contributed by atoms with Crippen LogP contribution in [0.25, 0.3) is 32.7 Å². The van der Waals surface area contributed by atoms with Crippen molar-refractivity contribution in [3.8, 4) is 27.8 Å². The number of benzene rings is 1. The zero-order valence-electron chi connectivity index (χ0n) is 14.0. The quantitative estimate of drug-likeness (QED) is 0.427. The molecule has 0 saturated carbocycles. The summed E-state index contributed by atoms with van der Waals surface area (Å²) in [7, 11) is 0. The van der Waals surface area contributed by atoms with Gasteiger partial charge in [0.15, 0.2) is 10.8 Å². The smallest absolute Gasteiger partial charge is 0.235 e. The van der Waals surface area contributed by atoms with E-state index in [0.717, 1.165) is 32.1 Å². The van der Waals surface area contributed by atoms with E-state index in [1.807, 2.05) is 43.3 Å². The van der Waals surface area contributed by atoms with Gasteiger partial charge < -0.3 is 0 Å². The Labute approximate surface area is 165 Å². The van der Waals surface area contributed by atoms with Crippen LogP contribution in [-0.4, -0.2) is 39.8 Å². The highest BCUT2D eigenvalue weighted by atomic mass is 79.9. The van der Waals surface area contributed by atoms with Crippen LogP contribution in [0, 0.1) is 6.92 Å². The molecule has 0 atom stereocenters. The van der Waals surface area contributed by atoms with Gasteiger partial charge in [-0.25, -0.2) is 4.68 Å². The van der Waals surface area contributed by atoms with Gasteiger partial charge >= 0.3 is 0 Å². The average molecular weight is 439 g/mol. The standard InChI is InChI=1S/C17H11BrN8S/c1-10-14(20-24-25(10)13-4-2-3-12(18)9-13)16-23-26-15(21-22-17(26)27-16)11-5-7-19-8-6-11/h2-9H,1H3. The number of halogens is 1. The van der Waals surface area contributed by atoms with Crippen LogP contribution in [-0.2, 0) is 0 Å². The van der Waals surface area contributed by atoms with Crippen LogP contribution >= 0.6 is 27.3 Å². The van der Waals surface area contributed by atoms with Crippen molar-refractivity contribution in [1.82, 2.24) is 39.8 Å². The Morgan fingerprint density at radius 2 is 1.89 bits per heavy atom. The molecule has 0 aliphatic heterocycles. The number of fused-ring (bicyclic) bond motifs is 1. The molecule has 5 rings (SSSR count). The Bertz CT molecular complexity index is 1260. The minimum Gasteiger partial charge on any atom is -0.265 e. The zero-order valence-corrected chi connectivity index (χ0v) is 16.4. The van der Waals surface area contributed by atoms with Crippen molar-refractivity contribution in [1.29, 1.82) is 0 Å². The molecule has 27 heavy (non-hydrogen) atoms. The highest BCUT2D eigenvalue weighted by Crippen LogP contribution is 2.29. The fraction of sp³-hybridized carbons (Fsp3) is 0.0588. The van der Waals surface area contributed by atoms with Gasteiger partial charge in [-0.1, -0.05) is 38.5 Å². The molecule has 5 aromatic rings. The first kappa shape index (κ1) is 16.2. The van der Waals surface area contributed by atoms with Crippen molar-refractivity contribution in [2.24, 2.45) is 0 Å². The van der Waals surface area contributed by atoms with E-state index in [1.54, 1.807) is 21.6 Å². The van der Waals surface area contributed by atoms with E-state index in [9.17, 15) is 0 Å². The molecule has 0 N–H and O–H groups in total. The maximum absolute atomic E-state index is 4.67. The molecular weight excluding hydrogens is 428 g/mol. The molecule has 4 aromatic heterocycles. The number of nitrogens with zero attached hydrogens (tertiary/aromatic N) is 8. The molecule has 0 saturated heterocycles. The van der Waals surface area contributed by atoms with Gasteiger partial charge in [0.2, 0.25) is 4.96 Å². The first-order valence-corrected chi connectivity index (χ1v) is 9.63. The van der Waals surface area contributed by atoms with E-state index in [0.29, 0.717) is 10.8 Å². The fourth-order valence-corrected chi connectivity index (χ4v) is 4.04. The highest BCUT2D eigenvalue weighted by Gasteiger charge is 2.19. The van der Waals surface area contributed by atoms with Crippen molar-refractivity contribution in [3.63, 3.8) is 0 Å². The molecule has 0 spiro atoms. The van der Waals surface area contributed by atoms with Crippen molar-refractivity contribution in [2.45, 2.75) is 6.92 Å². The van der Waals surface area contributed by atoms with Crippen LogP contribution in [0.2, 0.25) is 0 Å². The van der Waals surface area contributed by atoms with Crippen LogP contribution in [0.4, 0.5) is 0 Å². The lowest BCUT2D eigenvalue weighted by Crippen LogP contribution is -1.99. The third-order valence-corrected chi connectivity index (χ3v) is 5.48. The number of rotatable bonds is 3. The van der Waals surface area contributed by atoms with Gasteiger partial charge in [-0.3, -0.25) is 4.98 Å². The summed E-state index contributed by atoms with van der Waals surface area (Å²) in [5.41, 5.74) is 3.47. The molecule has 10 heteroatoms. The van der Waals surface area contributed by atoms with E-state index in [-0.39, 0.29) is 0 Å². The molecule has 0 radical (unpaired) electrons. The molecule has 0 aliphatic rings. The predicted octanol–water partition coefficient (Wildman–Crippen LogP) is 3.57. The molecule has 0 aliphatic carbocycles. The Kier molecular flexibility index (Phi) is 3.80. The maximum atomic E-state index is 4.67. The molecule has 132 valence electrons. The lowest BCUT2D eigenvalue weighted by atomic mass is 10.2. The van der Waals surface area contributed by atoms with E-state index >= 15 is 0 Å². The van der Waals surface area contributed by atoms with Crippen LogP contribution < -0.4 is 0 Å². The number of hydrogen-bond donors (Lipinski definition) is 0. The second kappa shape index (κ2) is 6.32. The molecule has 0 unspecified atom stereocenters. The molecular formula is C17H11BrN8S. The van der Waals surface area contributed by atoms with Crippen molar-refractivity contribution in [2.75, 3.05) is 0 Å². The molecule has 0 amide bonds. The third kappa shape index (κ3) is 2.73. The second-order valence-electron chi connectivity index (χ2n) is 5.78. The molecule has 0 fully saturated rings. The van der Waals surface area contributed by atoms with Gasteiger partial charge in [-0.05, 0) is 37.3 Å². The Morgan fingerprint density at radius 3 is 2.70 bits per heavy atom. The van der Waals surface area contributed by atoms with Crippen LogP contribution in [0.5, 0.6) is 0 Å². The number of hydrogen-bond acceptors (Lipinski definition) is 7. The van der Waals surface area contributed by atoms with Crippen LogP contribution in [0.3, 0.4) is 0 Å². The summed E-state index contributed by atoms with van der Waals surface area (Å²) >= 11 is 4.92. The number of aromatic nitrogens is 8. The highest BCUT2D eigenvalue weighted by molar-refractivity contribution is 9.10. The topological polar surface area (TPSA) is 86.7 Å². The summed E-state index contributed by atoms with van der Waals surface area (Å²) in [6.07, 6.45) is 3.44. The minimum atomic E-state index is 0.673. The van der Waals surface area contributed by atoms with Gasteiger partial charge in [0.25, 0.3) is 0 Å². The van der Waals surface area contributed by atoms with E-state index in [4.69, 9.17) is 0 Å². The van der Waals surface area contributed by atoms with Gasteiger partial charge in [0.05, 0.1) is 11.4 Å². The average Bonchev–Trinajstić information content (AvgIpc) is 3.36. The van der Waals surface area contributed by atoms with Crippen LogP contribution in [0.1, 0.15) is 5.69 Å². The van der Waals surface area contributed by atoms with Crippen molar-refractivity contribution >= 4 is 32.2 Å². The van der Waals surface area contributed by atoms with Crippen molar-refractivity contribution < 1.29 is 0 Å². The lowest BCUT2D eigenvalue weighted by molar-refractivity contribution is 0.785. The summed E-state index contributed by atoms with van der Waals surface area (Å²) in [6, 6.07) is 11.7. The van der Waals surface area contributed by atoms with Gasteiger partial charge in [0, 0.05) is 22.4 Å². The normalized spacial score (nSPS) is 11.3. The van der Waals surface area contributed by atoms with Gasteiger partial charge in [-0.2, -0.15) is 9.61 Å². The second-order valence-corrected chi connectivity index (χ2v) is 7.65. The van der Waals surface area contributed by atoms with Crippen molar-refractivity contribution in [3.05, 3.63) is 59.0 Å². The summed E-state index contributed by atoms with van der Waals surface area (Å²) in [5, 5.41) is 22.5. The summed E-state index contributed by atoms with van der Waals surface area (Å²) in [5.74, 6) is 0.673. The predicted molar refractivity (Wildman–Crippen MR) is 105 cm³/mol. The van der Waals surface area contributed by atoms with Gasteiger partial charge in [-0.15, -0.1) is 15.3 Å². The summed E-state index contributed by atoms with van der Waals surface area (Å²) < 4.78 is 4.51. The Hall–Kier alpha value is -2.98. The lowest BCUT2D eigenvalue weighted by Gasteiger charge is -2.03. The number of pyridine rings is 1. The molecule has 8 nitrogen and oxygen atoms in total. The van der Waals surface area contributed by atoms with Gasteiger partial charge in [0.1, 0.15) is 5.69 Å². The molecule has 1 aromatic carbocycles. The third-order valence-electron chi connectivity index (χ3n) is 4.08. The SMILES string of the molecule is Cc1c(-c2nn3c(-c4ccncc4)nnc3s2)nnn1-c1cccc(Br)c1. The largest absolute Gasteiger partial charge is 0.265 e. The zero-order chi connectivity index (χ0) is 18.4. The first-order valence-electron chi connectivity index (χ1n) is 8.02.